The summed E-state index contributed by atoms with van der Waals surface area (Å²) in [4.78, 5) is 26.8. The molecule has 1 saturated carbocycles. The van der Waals surface area contributed by atoms with Crippen molar-refractivity contribution < 1.29 is 4.79 Å². The van der Waals surface area contributed by atoms with Crippen LogP contribution < -0.4 is 10.2 Å². The van der Waals surface area contributed by atoms with E-state index >= 15 is 0 Å². The standard InChI is InChI=1S/C25H32ClN7O/c1-17(2)28-25(34)32-14-12-31(13-15-32)23-19-16-27-33(21-11-7-6-10-20(21)26)24(19)30-22(29-23)18-8-4-3-5-9-18/h6-7,10-11,16-18H,3-5,8-9,12-15H2,1-2H3,(H,28,34). The van der Waals surface area contributed by atoms with E-state index < -0.39 is 0 Å². The Morgan fingerprint density at radius 3 is 2.50 bits per heavy atom. The van der Waals surface area contributed by atoms with Gasteiger partial charge in [-0.15, -0.1) is 0 Å². The normalized spacial score (nSPS) is 17.5. The molecule has 1 aliphatic heterocycles. The second kappa shape index (κ2) is 9.78. The molecule has 0 radical (unpaired) electrons. The van der Waals surface area contributed by atoms with Crippen LogP contribution in [-0.2, 0) is 0 Å². The third-order valence-corrected chi connectivity index (χ3v) is 7.07. The van der Waals surface area contributed by atoms with Gasteiger partial charge in [-0.25, -0.2) is 19.4 Å². The van der Waals surface area contributed by atoms with Gasteiger partial charge in [0.25, 0.3) is 0 Å². The largest absolute Gasteiger partial charge is 0.352 e. The number of fused-ring (bicyclic) bond motifs is 1. The smallest absolute Gasteiger partial charge is 0.317 e. The molecule has 9 heteroatoms. The van der Waals surface area contributed by atoms with Crippen LogP contribution in [0.2, 0.25) is 5.02 Å². The number of para-hydroxylation sites is 1. The van der Waals surface area contributed by atoms with E-state index in [0.29, 0.717) is 24.0 Å². The maximum Gasteiger partial charge on any atom is 0.317 e. The fourth-order valence-corrected chi connectivity index (χ4v) is 5.17. The highest BCUT2D eigenvalue weighted by atomic mass is 35.5. The predicted octanol–water partition coefficient (Wildman–Crippen LogP) is 4.76. The number of piperazine rings is 1. The first kappa shape index (κ1) is 22.9. The summed E-state index contributed by atoms with van der Waals surface area (Å²) in [5, 5.41) is 9.22. The van der Waals surface area contributed by atoms with Gasteiger partial charge in [0.1, 0.15) is 11.6 Å². The SMILES string of the molecule is CC(C)NC(=O)N1CCN(c2nc(C3CCCCC3)nc3c2cnn3-c2ccccc2Cl)CC1. The maximum absolute atomic E-state index is 12.5. The minimum atomic E-state index is -0.00285. The van der Waals surface area contributed by atoms with Crippen molar-refractivity contribution in [3.63, 3.8) is 0 Å². The van der Waals surface area contributed by atoms with Gasteiger partial charge < -0.3 is 15.1 Å². The molecule has 3 heterocycles. The molecule has 2 aromatic heterocycles. The van der Waals surface area contributed by atoms with Gasteiger partial charge in [-0.2, -0.15) is 5.10 Å². The number of nitrogens with one attached hydrogen (secondary N) is 1. The highest BCUT2D eigenvalue weighted by Crippen LogP contribution is 2.35. The van der Waals surface area contributed by atoms with Gasteiger partial charge in [0.15, 0.2) is 5.65 Å². The first-order chi connectivity index (χ1) is 16.5. The second-order valence-electron chi connectivity index (χ2n) is 9.56. The van der Waals surface area contributed by atoms with Crippen molar-refractivity contribution in [3.05, 3.63) is 41.3 Å². The fourth-order valence-electron chi connectivity index (χ4n) is 4.95. The summed E-state index contributed by atoms with van der Waals surface area (Å²) in [5.74, 6) is 2.17. The second-order valence-corrected chi connectivity index (χ2v) is 9.97. The van der Waals surface area contributed by atoms with Crippen LogP contribution in [0.4, 0.5) is 10.6 Å². The third-order valence-electron chi connectivity index (χ3n) is 6.76. The van der Waals surface area contributed by atoms with Gasteiger partial charge in [-0.05, 0) is 38.8 Å². The van der Waals surface area contributed by atoms with E-state index in [4.69, 9.17) is 21.6 Å². The number of rotatable bonds is 4. The van der Waals surface area contributed by atoms with Crippen LogP contribution in [0.25, 0.3) is 16.7 Å². The number of carbonyl (C=O) groups is 1. The van der Waals surface area contributed by atoms with E-state index in [0.717, 1.165) is 54.3 Å². The number of hydrogen-bond acceptors (Lipinski definition) is 5. The molecular formula is C25H32ClN7O. The van der Waals surface area contributed by atoms with Crippen LogP contribution in [0, 0.1) is 0 Å². The summed E-state index contributed by atoms with van der Waals surface area (Å²) >= 11 is 6.52. The van der Waals surface area contributed by atoms with E-state index in [1.807, 2.05) is 53.9 Å². The van der Waals surface area contributed by atoms with Gasteiger partial charge >= 0.3 is 6.03 Å². The number of nitrogens with zero attached hydrogens (tertiary/aromatic N) is 6. The van der Waals surface area contributed by atoms with Crippen LogP contribution in [0.15, 0.2) is 30.5 Å². The van der Waals surface area contributed by atoms with Crippen molar-refractivity contribution in [2.24, 2.45) is 0 Å². The van der Waals surface area contributed by atoms with Gasteiger partial charge in [0.05, 0.1) is 22.3 Å². The van der Waals surface area contributed by atoms with E-state index in [1.165, 1.54) is 19.3 Å². The van der Waals surface area contributed by atoms with Gasteiger partial charge in [0, 0.05) is 38.1 Å². The van der Waals surface area contributed by atoms with Crippen molar-refractivity contribution in [3.8, 4) is 5.69 Å². The highest BCUT2D eigenvalue weighted by molar-refractivity contribution is 6.32. The lowest BCUT2D eigenvalue weighted by Gasteiger charge is -2.36. The van der Waals surface area contributed by atoms with Crippen LogP contribution in [0.5, 0.6) is 0 Å². The Kier molecular flexibility index (Phi) is 6.59. The first-order valence-electron chi connectivity index (χ1n) is 12.3. The van der Waals surface area contributed by atoms with Crippen LogP contribution >= 0.6 is 11.6 Å². The zero-order chi connectivity index (χ0) is 23.7. The van der Waals surface area contributed by atoms with Crippen molar-refractivity contribution in [1.82, 2.24) is 30.0 Å². The zero-order valence-corrected chi connectivity index (χ0v) is 20.6. The van der Waals surface area contributed by atoms with Crippen LogP contribution in [0.3, 0.4) is 0 Å². The molecule has 2 aliphatic rings. The highest BCUT2D eigenvalue weighted by Gasteiger charge is 2.27. The number of carbonyl (C=O) groups excluding carboxylic acids is 1. The van der Waals surface area contributed by atoms with Crippen molar-refractivity contribution in [2.45, 2.75) is 57.9 Å². The van der Waals surface area contributed by atoms with E-state index in [2.05, 4.69) is 15.3 Å². The average molecular weight is 482 g/mol. The van der Waals surface area contributed by atoms with Gasteiger partial charge in [0.2, 0.25) is 0 Å². The summed E-state index contributed by atoms with van der Waals surface area (Å²) in [6, 6.07) is 7.83. The van der Waals surface area contributed by atoms with E-state index in [-0.39, 0.29) is 12.1 Å². The summed E-state index contributed by atoms with van der Waals surface area (Å²) in [6.07, 6.45) is 7.80. The Balaban J connectivity index is 1.51. The monoisotopic (exact) mass is 481 g/mol. The molecule has 1 N–H and O–H groups in total. The number of hydrogen-bond donors (Lipinski definition) is 1. The predicted molar refractivity (Wildman–Crippen MR) is 135 cm³/mol. The number of urea groups is 1. The molecule has 1 aromatic carbocycles. The summed E-state index contributed by atoms with van der Waals surface area (Å²) in [5.41, 5.74) is 1.60. The lowest BCUT2D eigenvalue weighted by Crippen LogP contribution is -2.53. The third kappa shape index (κ3) is 4.56. The molecule has 34 heavy (non-hydrogen) atoms. The van der Waals surface area contributed by atoms with Crippen molar-refractivity contribution >= 4 is 34.5 Å². The molecule has 2 fully saturated rings. The minimum Gasteiger partial charge on any atom is -0.352 e. The summed E-state index contributed by atoms with van der Waals surface area (Å²) < 4.78 is 1.83. The molecule has 8 nitrogen and oxygen atoms in total. The molecule has 1 saturated heterocycles. The summed E-state index contributed by atoms with van der Waals surface area (Å²) in [7, 11) is 0. The molecule has 5 rings (SSSR count). The number of halogens is 1. The zero-order valence-electron chi connectivity index (χ0n) is 19.9. The molecule has 1 aliphatic carbocycles. The van der Waals surface area contributed by atoms with Crippen molar-refractivity contribution in [1.29, 1.82) is 0 Å². The Bertz CT molecular complexity index is 1160. The van der Waals surface area contributed by atoms with Crippen LogP contribution in [0.1, 0.15) is 57.7 Å². The van der Waals surface area contributed by atoms with Crippen molar-refractivity contribution in [2.75, 3.05) is 31.1 Å². The number of amides is 2. The molecule has 0 spiro atoms. The number of aromatic nitrogens is 4. The minimum absolute atomic E-state index is 0.00285. The molecule has 2 amide bonds. The topological polar surface area (TPSA) is 79.2 Å². The molecular weight excluding hydrogens is 450 g/mol. The first-order valence-corrected chi connectivity index (χ1v) is 12.7. The Labute approximate surface area is 205 Å². The quantitative estimate of drug-likeness (QED) is 0.581. The molecule has 0 unspecified atom stereocenters. The van der Waals surface area contributed by atoms with Gasteiger partial charge in [-0.1, -0.05) is 43.0 Å². The molecule has 0 bridgehead atoms. The Hall–Kier alpha value is -2.87. The Morgan fingerprint density at radius 2 is 1.79 bits per heavy atom. The fraction of sp³-hybridized carbons (Fsp3) is 0.520. The molecule has 3 aromatic rings. The van der Waals surface area contributed by atoms with E-state index in [9.17, 15) is 4.79 Å². The molecule has 0 atom stereocenters. The lowest BCUT2D eigenvalue weighted by atomic mass is 9.88. The van der Waals surface area contributed by atoms with Gasteiger partial charge in [-0.3, -0.25) is 0 Å². The Morgan fingerprint density at radius 1 is 1.06 bits per heavy atom. The number of benzene rings is 1. The lowest BCUT2D eigenvalue weighted by molar-refractivity contribution is 0.191. The number of anilines is 1. The molecule has 180 valence electrons. The van der Waals surface area contributed by atoms with E-state index in [1.54, 1.807) is 0 Å². The maximum atomic E-state index is 12.5. The van der Waals surface area contributed by atoms with Crippen LogP contribution in [-0.4, -0.2) is 62.9 Å². The average Bonchev–Trinajstić information content (AvgIpc) is 3.28. The summed E-state index contributed by atoms with van der Waals surface area (Å²) in [6.45, 7) is 6.71.